The van der Waals surface area contributed by atoms with Gasteiger partial charge in [-0.15, -0.1) is 0 Å². The van der Waals surface area contributed by atoms with E-state index in [1.165, 1.54) is 0 Å². The van der Waals surface area contributed by atoms with Crippen LogP contribution in [-0.4, -0.2) is 65.6 Å². The van der Waals surface area contributed by atoms with Crippen molar-refractivity contribution >= 4 is 28.9 Å². The molecular weight excluding hydrogens is 482 g/mol. The van der Waals surface area contributed by atoms with Gasteiger partial charge in [0.2, 0.25) is 5.91 Å². The Morgan fingerprint density at radius 2 is 1.97 bits per heavy atom. The number of hydrazine groups is 1. The Bertz CT molecular complexity index is 1120. The summed E-state index contributed by atoms with van der Waals surface area (Å²) in [5.41, 5.74) is 8.85. The minimum absolute atomic E-state index is 0.0468. The fourth-order valence-corrected chi connectivity index (χ4v) is 4.67. The van der Waals surface area contributed by atoms with Crippen molar-refractivity contribution in [2.24, 2.45) is 4.99 Å². The Morgan fingerprint density at radius 1 is 1.25 bits per heavy atom. The van der Waals surface area contributed by atoms with E-state index in [9.17, 15) is 15.0 Å². The Kier molecular flexibility index (Phi) is 7.87. The summed E-state index contributed by atoms with van der Waals surface area (Å²) in [6, 6.07) is 13.0. The summed E-state index contributed by atoms with van der Waals surface area (Å²) in [7, 11) is 1.63. The molecule has 0 aromatic heterocycles. The minimum atomic E-state index is -1.23. The molecule has 2 aliphatic heterocycles. The van der Waals surface area contributed by atoms with Gasteiger partial charge in [0.05, 0.1) is 43.2 Å². The zero-order valence-corrected chi connectivity index (χ0v) is 21.7. The van der Waals surface area contributed by atoms with Crippen LogP contribution in [0.25, 0.3) is 0 Å². The number of benzene rings is 2. The molecule has 1 saturated heterocycles. The van der Waals surface area contributed by atoms with Crippen molar-refractivity contribution in [3.8, 4) is 5.75 Å². The molecule has 2 heterocycles. The Balaban J connectivity index is 1.66. The monoisotopic (exact) mass is 515 g/mol. The van der Waals surface area contributed by atoms with Gasteiger partial charge < -0.3 is 25.2 Å². The Morgan fingerprint density at radius 3 is 2.64 bits per heavy atom. The van der Waals surface area contributed by atoms with Gasteiger partial charge in [-0.05, 0) is 57.5 Å². The summed E-state index contributed by atoms with van der Waals surface area (Å²) in [5, 5.41) is 23.5. The summed E-state index contributed by atoms with van der Waals surface area (Å²) in [6.45, 7) is 5.38. The number of aliphatic imine (C=N–C) groups is 1. The van der Waals surface area contributed by atoms with Gasteiger partial charge in [-0.25, -0.2) is 10.9 Å². The largest absolute Gasteiger partial charge is 0.497 e. The van der Waals surface area contributed by atoms with Gasteiger partial charge in [0, 0.05) is 28.4 Å². The van der Waals surface area contributed by atoms with Crippen molar-refractivity contribution in [2.45, 2.75) is 63.7 Å². The second-order valence-electron chi connectivity index (χ2n) is 9.76. The second-order valence-corrected chi connectivity index (χ2v) is 10.2. The number of rotatable bonds is 8. The molecule has 1 fully saturated rings. The van der Waals surface area contributed by atoms with E-state index in [-0.39, 0.29) is 37.6 Å². The van der Waals surface area contributed by atoms with Crippen LogP contribution >= 0.6 is 11.6 Å². The molecule has 4 atom stereocenters. The third-order valence-corrected chi connectivity index (χ3v) is 6.87. The van der Waals surface area contributed by atoms with Crippen LogP contribution < -0.4 is 25.8 Å². The van der Waals surface area contributed by atoms with Crippen molar-refractivity contribution in [2.75, 3.05) is 18.6 Å². The standard InChI is InChI=1S/C26H34ClN5O4/c1-15-30-31-25-20(14-23(34)28-12-11-22(33)26(2,3)35)29-24(16-5-7-17(27)8-6-16)19-13-18(36-4)9-10-21(19)32(15)25/h5-10,13,15,20,22,25,30-31,33,35H,11-12,14H2,1-4H3,(H,28,34)/t15?,20-,22?,25?/m0/s1. The van der Waals surface area contributed by atoms with E-state index < -0.39 is 17.7 Å². The average molecular weight is 516 g/mol. The number of nitrogens with one attached hydrogen (secondary N) is 3. The number of amides is 1. The van der Waals surface area contributed by atoms with Crippen LogP contribution in [0.4, 0.5) is 5.69 Å². The zero-order chi connectivity index (χ0) is 26.0. The number of carbonyl (C=O) groups excluding carboxylic acids is 1. The number of hydrogen-bond donors (Lipinski definition) is 5. The molecule has 194 valence electrons. The van der Waals surface area contributed by atoms with Crippen molar-refractivity contribution in [3.63, 3.8) is 0 Å². The highest BCUT2D eigenvalue weighted by atomic mass is 35.5. The molecular formula is C26H34ClN5O4. The molecule has 2 aromatic rings. The van der Waals surface area contributed by atoms with Gasteiger partial charge in [0.25, 0.3) is 0 Å². The molecule has 9 nitrogen and oxygen atoms in total. The lowest BCUT2D eigenvalue weighted by Gasteiger charge is -2.31. The first kappa shape index (κ1) is 26.4. The van der Waals surface area contributed by atoms with E-state index in [2.05, 4.69) is 21.1 Å². The van der Waals surface area contributed by atoms with Crippen LogP contribution in [0.1, 0.15) is 44.7 Å². The number of aliphatic hydroxyl groups excluding tert-OH is 1. The van der Waals surface area contributed by atoms with Crippen LogP contribution in [0.5, 0.6) is 5.75 Å². The smallest absolute Gasteiger partial charge is 0.222 e. The molecule has 0 spiro atoms. The first-order valence-corrected chi connectivity index (χ1v) is 12.4. The number of nitrogens with zero attached hydrogens (tertiary/aromatic N) is 2. The van der Waals surface area contributed by atoms with Crippen molar-refractivity contribution < 1.29 is 19.7 Å². The second kappa shape index (κ2) is 10.7. The average Bonchev–Trinajstić information content (AvgIpc) is 3.16. The maximum Gasteiger partial charge on any atom is 0.222 e. The number of hydrogen-bond acceptors (Lipinski definition) is 8. The van der Waals surface area contributed by atoms with Gasteiger partial charge in [0.15, 0.2) is 0 Å². The first-order valence-electron chi connectivity index (χ1n) is 12.1. The molecule has 1 amide bonds. The number of ether oxygens (including phenoxy) is 1. The van der Waals surface area contributed by atoms with E-state index in [4.69, 9.17) is 21.3 Å². The number of fused-ring (bicyclic) bond motifs is 3. The van der Waals surface area contributed by atoms with Gasteiger partial charge in [-0.3, -0.25) is 9.79 Å². The van der Waals surface area contributed by atoms with Crippen LogP contribution in [0.2, 0.25) is 5.02 Å². The molecule has 5 N–H and O–H groups in total. The summed E-state index contributed by atoms with van der Waals surface area (Å²) < 4.78 is 5.51. The first-order chi connectivity index (χ1) is 17.1. The maximum absolute atomic E-state index is 13.0. The summed E-state index contributed by atoms with van der Waals surface area (Å²) >= 11 is 6.15. The zero-order valence-electron chi connectivity index (χ0n) is 21.0. The summed E-state index contributed by atoms with van der Waals surface area (Å²) in [4.78, 5) is 20.3. The van der Waals surface area contributed by atoms with Gasteiger partial charge in [0.1, 0.15) is 11.9 Å². The summed E-state index contributed by atoms with van der Waals surface area (Å²) in [5.74, 6) is 0.522. The number of anilines is 1. The highest BCUT2D eigenvalue weighted by Crippen LogP contribution is 2.36. The van der Waals surface area contributed by atoms with Crippen LogP contribution in [0, 0.1) is 0 Å². The molecule has 0 aliphatic carbocycles. The van der Waals surface area contributed by atoms with E-state index in [1.54, 1.807) is 21.0 Å². The maximum atomic E-state index is 13.0. The van der Waals surface area contributed by atoms with Crippen molar-refractivity contribution in [1.82, 2.24) is 16.2 Å². The molecule has 0 radical (unpaired) electrons. The highest BCUT2D eigenvalue weighted by Gasteiger charge is 2.41. The number of methoxy groups -OCH3 is 1. The van der Waals surface area contributed by atoms with Crippen LogP contribution in [0.3, 0.4) is 0 Å². The van der Waals surface area contributed by atoms with E-state index in [0.717, 1.165) is 22.5 Å². The number of aliphatic hydroxyl groups is 2. The van der Waals surface area contributed by atoms with Crippen LogP contribution in [-0.2, 0) is 4.79 Å². The SMILES string of the molecule is COc1ccc2c(c1)C(c1ccc(Cl)cc1)=N[C@@H](CC(=O)NCCC(O)C(C)(C)O)C1NNC(C)N21. The van der Waals surface area contributed by atoms with Gasteiger partial charge in [-0.2, -0.15) is 0 Å². The molecule has 0 saturated carbocycles. The molecule has 3 unspecified atom stereocenters. The fourth-order valence-electron chi connectivity index (χ4n) is 4.55. The molecule has 2 aliphatic rings. The lowest BCUT2D eigenvalue weighted by atomic mass is 9.99. The molecule has 0 bridgehead atoms. The topological polar surface area (TPSA) is 118 Å². The third-order valence-electron chi connectivity index (χ3n) is 6.62. The van der Waals surface area contributed by atoms with Gasteiger partial charge >= 0.3 is 0 Å². The quantitative estimate of drug-likeness (QED) is 0.365. The molecule has 2 aromatic carbocycles. The predicted molar refractivity (Wildman–Crippen MR) is 140 cm³/mol. The highest BCUT2D eigenvalue weighted by molar-refractivity contribution is 6.30. The third kappa shape index (κ3) is 5.66. The normalized spacial score (nSPS) is 22.2. The van der Waals surface area contributed by atoms with Crippen LogP contribution in [0.15, 0.2) is 47.5 Å². The lowest BCUT2D eigenvalue weighted by molar-refractivity contribution is -0.121. The van der Waals surface area contributed by atoms with Gasteiger partial charge in [-0.1, -0.05) is 23.7 Å². The minimum Gasteiger partial charge on any atom is -0.497 e. The molecule has 36 heavy (non-hydrogen) atoms. The van der Waals surface area contributed by atoms with E-state index in [0.29, 0.717) is 10.8 Å². The Hall–Kier alpha value is -2.69. The summed E-state index contributed by atoms with van der Waals surface area (Å²) in [6.07, 6.45) is -0.883. The lowest BCUT2D eigenvalue weighted by Crippen LogP contribution is -2.48. The van der Waals surface area contributed by atoms with E-state index >= 15 is 0 Å². The van der Waals surface area contributed by atoms with E-state index in [1.807, 2.05) is 49.4 Å². The molecule has 4 rings (SSSR count). The fraction of sp³-hybridized carbons (Fsp3) is 0.462. The van der Waals surface area contributed by atoms with Crippen molar-refractivity contribution in [3.05, 3.63) is 58.6 Å². The Labute approximate surface area is 216 Å². The predicted octanol–water partition coefficient (Wildman–Crippen LogP) is 2.18. The molecule has 10 heteroatoms. The number of carbonyl (C=O) groups is 1. The number of halogens is 1. The van der Waals surface area contributed by atoms with Crippen molar-refractivity contribution in [1.29, 1.82) is 0 Å².